The van der Waals surface area contributed by atoms with Crippen LogP contribution < -0.4 is 15.4 Å². The van der Waals surface area contributed by atoms with Crippen molar-refractivity contribution in [2.45, 2.75) is 31.8 Å². The first kappa shape index (κ1) is 31.6. The summed E-state index contributed by atoms with van der Waals surface area (Å²) in [5.74, 6) is 1.17. The number of ether oxygens (including phenoxy) is 1. The molecule has 8 nitrogen and oxygen atoms in total. The quantitative estimate of drug-likeness (QED) is 0.149. The molecule has 244 valence electrons. The minimum atomic E-state index is -0.181. The molecule has 3 unspecified atom stereocenters. The maximum atomic E-state index is 13.7. The van der Waals surface area contributed by atoms with Gasteiger partial charge in [-0.15, -0.1) is 5.10 Å². The molecule has 49 heavy (non-hydrogen) atoms. The van der Waals surface area contributed by atoms with Crippen molar-refractivity contribution in [3.05, 3.63) is 167 Å². The molecule has 0 spiro atoms. The van der Waals surface area contributed by atoms with Gasteiger partial charge < -0.3 is 15.4 Å². The topological polar surface area (TPSA) is 98.1 Å². The average molecular weight is 648 g/mol. The molecule has 1 heterocycles. The molecular weight excluding hydrogens is 610 g/mol. The fraction of sp³-hybridized carbons (Fsp3) is 0.171. The van der Waals surface area contributed by atoms with Crippen molar-refractivity contribution in [2.24, 2.45) is 5.92 Å². The number of nitrogens with zero attached hydrogens (tertiary/aromatic N) is 3. The van der Waals surface area contributed by atoms with Gasteiger partial charge in [0.25, 0.3) is 11.8 Å². The van der Waals surface area contributed by atoms with Crippen LogP contribution in [0.15, 0.2) is 134 Å². The van der Waals surface area contributed by atoms with Crippen LogP contribution in [0.2, 0.25) is 0 Å². The van der Waals surface area contributed by atoms with Crippen molar-refractivity contribution >= 4 is 17.5 Å². The van der Waals surface area contributed by atoms with Crippen LogP contribution in [0.5, 0.6) is 5.75 Å². The van der Waals surface area contributed by atoms with Crippen molar-refractivity contribution in [1.82, 2.24) is 20.3 Å². The normalized spacial score (nSPS) is 15.6. The monoisotopic (exact) mass is 647 g/mol. The van der Waals surface area contributed by atoms with E-state index in [1.54, 1.807) is 11.8 Å². The standard InChI is InChI=1S/C41H37N5O3/c1-27-16-17-31(23-35(27)41(48)42-33-14-7-4-8-15-33)38-26-46(45-44-38)25-28-10-9-13-32(22-28)40(47)43-39(30-18-20-34(49-2)21-19-30)37-24-36(37)29-11-5-3-6-12-29/h3-23,26,36-37,39H,24-25H2,1-2H3,(H,42,48)(H,43,47). The summed E-state index contributed by atoms with van der Waals surface area (Å²) in [4.78, 5) is 26.8. The second kappa shape index (κ2) is 14.0. The minimum Gasteiger partial charge on any atom is -0.497 e. The molecule has 8 heteroatoms. The Balaban J connectivity index is 1.05. The van der Waals surface area contributed by atoms with E-state index >= 15 is 0 Å². The summed E-state index contributed by atoms with van der Waals surface area (Å²) in [6.45, 7) is 2.34. The molecule has 1 aliphatic rings. The van der Waals surface area contributed by atoms with E-state index in [9.17, 15) is 9.59 Å². The predicted molar refractivity (Wildman–Crippen MR) is 191 cm³/mol. The van der Waals surface area contributed by atoms with E-state index in [0.717, 1.165) is 40.1 Å². The third-order valence-corrected chi connectivity index (χ3v) is 9.14. The molecule has 2 amide bonds. The number of nitrogens with one attached hydrogen (secondary N) is 2. The van der Waals surface area contributed by atoms with Crippen LogP contribution in [-0.4, -0.2) is 33.9 Å². The van der Waals surface area contributed by atoms with E-state index in [0.29, 0.717) is 35.2 Å². The first-order valence-corrected chi connectivity index (χ1v) is 16.4. The molecule has 2 N–H and O–H groups in total. The van der Waals surface area contributed by atoms with Crippen LogP contribution in [0, 0.1) is 12.8 Å². The first-order chi connectivity index (χ1) is 23.9. The van der Waals surface area contributed by atoms with Gasteiger partial charge in [-0.2, -0.15) is 0 Å². The number of aryl methyl sites for hydroxylation is 1. The SMILES string of the molecule is COc1ccc(C(NC(=O)c2cccc(Cn3cc(-c4ccc(C)c(C(=O)Nc5ccccc5)c4)nn3)c2)C2CC2c2ccccc2)cc1. The number of para-hydroxylation sites is 1. The highest BCUT2D eigenvalue weighted by atomic mass is 16.5. The molecule has 0 radical (unpaired) electrons. The number of carbonyl (C=O) groups excluding carboxylic acids is 2. The molecule has 7 rings (SSSR count). The number of hydrogen-bond donors (Lipinski definition) is 2. The average Bonchev–Trinajstić information content (AvgIpc) is 3.80. The lowest BCUT2D eigenvalue weighted by Gasteiger charge is -2.20. The van der Waals surface area contributed by atoms with Crippen LogP contribution in [0.1, 0.15) is 61.4 Å². The third kappa shape index (κ3) is 7.28. The van der Waals surface area contributed by atoms with Gasteiger partial charge in [0.05, 0.1) is 25.9 Å². The van der Waals surface area contributed by atoms with E-state index in [1.165, 1.54) is 5.56 Å². The number of methoxy groups -OCH3 is 1. The first-order valence-electron chi connectivity index (χ1n) is 16.4. The lowest BCUT2D eigenvalue weighted by molar-refractivity contribution is 0.0930. The smallest absolute Gasteiger partial charge is 0.255 e. The fourth-order valence-corrected chi connectivity index (χ4v) is 6.39. The number of anilines is 1. The summed E-state index contributed by atoms with van der Waals surface area (Å²) < 4.78 is 7.12. The molecule has 1 aliphatic carbocycles. The molecular formula is C41H37N5O3. The third-order valence-electron chi connectivity index (χ3n) is 9.14. The Labute approximate surface area is 285 Å². The minimum absolute atomic E-state index is 0.123. The fourth-order valence-electron chi connectivity index (χ4n) is 6.39. The van der Waals surface area contributed by atoms with Crippen molar-refractivity contribution in [3.8, 4) is 17.0 Å². The van der Waals surface area contributed by atoms with Crippen LogP contribution in [0.4, 0.5) is 5.69 Å². The Bertz CT molecular complexity index is 2080. The Morgan fingerprint density at radius 2 is 1.61 bits per heavy atom. The van der Waals surface area contributed by atoms with Gasteiger partial charge in [-0.25, -0.2) is 4.68 Å². The molecule has 3 atom stereocenters. The number of carbonyl (C=O) groups is 2. The summed E-state index contributed by atoms with van der Waals surface area (Å²) in [5, 5.41) is 15.1. The maximum Gasteiger partial charge on any atom is 0.255 e. The van der Waals surface area contributed by atoms with Crippen molar-refractivity contribution in [3.63, 3.8) is 0 Å². The molecule has 1 fully saturated rings. The summed E-state index contributed by atoms with van der Waals surface area (Å²) in [6.07, 6.45) is 2.86. The van der Waals surface area contributed by atoms with E-state index in [4.69, 9.17) is 4.74 Å². The molecule has 1 saturated carbocycles. The van der Waals surface area contributed by atoms with Crippen molar-refractivity contribution < 1.29 is 14.3 Å². The number of hydrogen-bond acceptors (Lipinski definition) is 5. The zero-order valence-corrected chi connectivity index (χ0v) is 27.4. The van der Waals surface area contributed by atoms with Crippen LogP contribution in [0.3, 0.4) is 0 Å². The highest BCUT2D eigenvalue weighted by Gasteiger charge is 2.45. The van der Waals surface area contributed by atoms with Gasteiger partial charge in [0.2, 0.25) is 0 Å². The predicted octanol–water partition coefficient (Wildman–Crippen LogP) is 7.84. The summed E-state index contributed by atoms with van der Waals surface area (Å²) >= 11 is 0. The molecule has 0 saturated heterocycles. The highest BCUT2D eigenvalue weighted by Crippen LogP contribution is 2.54. The van der Waals surface area contributed by atoms with E-state index < -0.39 is 0 Å². The lowest BCUT2D eigenvalue weighted by Crippen LogP contribution is -2.30. The molecule has 0 aliphatic heterocycles. The van der Waals surface area contributed by atoms with Gasteiger partial charge in [-0.1, -0.05) is 90.1 Å². The van der Waals surface area contributed by atoms with Crippen LogP contribution >= 0.6 is 0 Å². The van der Waals surface area contributed by atoms with Crippen molar-refractivity contribution in [2.75, 3.05) is 12.4 Å². The van der Waals surface area contributed by atoms with Gasteiger partial charge >= 0.3 is 0 Å². The van der Waals surface area contributed by atoms with Gasteiger partial charge in [-0.3, -0.25) is 9.59 Å². The number of benzene rings is 5. The number of aromatic nitrogens is 3. The molecule has 1 aromatic heterocycles. The molecule has 6 aromatic rings. The van der Waals surface area contributed by atoms with Crippen LogP contribution in [0.25, 0.3) is 11.3 Å². The summed E-state index contributed by atoms with van der Waals surface area (Å²) in [6, 6.07) is 41.0. The maximum absolute atomic E-state index is 13.7. The lowest BCUT2D eigenvalue weighted by atomic mass is 9.98. The molecule has 5 aromatic carbocycles. The van der Waals surface area contributed by atoms with Crippen molar-refractivity contribution in [1.29, 1.82) is 0 Å². The van der Waals surface area contributed by atoms with Gasteiger partial charge in [0.15, 0.2) is 0 Å². The highest BCUT2D eigenvalue weighted by molar-refractivity contribution is 6.06. The summed E-state index contributed by atoms with van der Waals surface area (Å²) in [7, 11) is 1.65. The largest absolute Gasteiger partial charge is 0.497 e. The Hall–Kier alpha value is -6.02. The second-order valence-corrected chi connectivity index (χ2v) is 12.5. The van der Waals surface area contributed by atoms with Gasteiger partial charge in [0, 0.05) is 22.4 Å². The van der Waals surface area contributed by atoms with E-state index in [1.807, 2.05) is 116 Å². The number of rotatable bonds is 11. The van der Waals surface area contributed by atoms with E-state index in [2.05, 4.69) is 45.2 Å². The zero-order valence-electron chi connectivity index (χ0n) is 27.4. The molecule has 0 bridgehead atoms. The van der Waals surface area contributed by atoms with Crippen LogP contribution in [-0.2, 0) is 6.54 Å². The van der Waals surface area contributed by atoms with E-state index in [-0.39, 0.29) is 17.9 Å². The van der Waals surface area contributed by atoms with Gasteiger partial charge in [0.1, 0.15) is 11.4 Å². The second-order valence-electron chi connectivity index (χ2n) is 12.5. The Morgan fingerprint density at radius 3 is 2.37 bits per heavy atom. The summed E-state index contributed by atoms with van der Waals surface area (Å²) in [5.41, 5.74) is 7.48. The Morgan fingerprint density at radius 1 is 0.857 bits per heavy atom. The zero-order chi connectivity index (χ0) is 33.7. The Kier molecular flexibility index (Phi) is 9.02. The van der Waals surface area contributed by atoms with Gasteiger partial charge in [-0.05, 0) is 89.9 Å². The number of amides is 2.